The van der Waals surface area contributed by atoms with Crippen LogP contribution in [0.25, 0.3) is 0 Å². The van der Waals surface area contributed by atoms with Gasteiger partial charge in [-0.3, -0.25) is 10.2 Å². The van der Waals surface area contributed by atoms with Crippen molar-refractivity contribution in [3.05, 3.63) is 64.7 Å². The molecular formula is C16H16ClN3O2. The molecule has 0 bridgehead atoms. The molecular weight excluding hydrogens is 302 g/mol. The fraction of sp³-hybridized carbons (Fsp3) is 0.125. The van der Waals surface area contributed by atoms with Gasteiger partial charge >= 0.3 is 6.03 Å². The largest absolute Gasteiger partial charge is 0.337 e. The van der Waals surface area contributed by atoms with Crippen molar-refractivity contribution in [2.75, 3.05) is 5.32 Å². The van der Waals surface area contributed by atoms with Crippen molar-refractivity contribution < 1.29 is 9.59 Å². The number of anilines is 1. The van der Waals surface area contributed by atoms with Crippen molar-refractivity contribution in [2.24, 2.45) is 0 Å². The Morgan fingerprint density at radius 2 is 1.77 bits per heavy atom. The maximum Gasteiger partial charge on any atom is 0.337 e. The molecule has 0 unspecified atom stereocenters. The van der Waals surface area contributed by atoms with Gasteiger partial charge in [0.2, 0.25) is 0 Å². The standard InChI is InChI=1S/C16H16ClN3O2/c1-2-11-6-8-12(9-7-11)15(21)19-20-16(22)18-14-5-3-4-13(17)10-14/h3-10H,2H2,1H3,(H,19,21)(H2,18,20,22). The van der Waals surface area contributed by atoms with E-state index in [1.54, 1.807) is 36.4 Å². The highest BCUT2D eigenvalue weighted by Crippen LogP contribution is 2.14. The van der Waals surface area contributed by atoms with Gasteiger partial charge in [0, 0.05) is 16.3 Å². The van der Waals surface area contributed by atoms with Gasteiger partial charge in [0.15, 0.2) is 0 Å². The zero-order valence-corrected chi connectivity index (χ0v) is 12.8. The lowest BCUT2D eigenvalue weighted by molar-refractivity contribution is 0.0938. The van der Waals surface area contributed by atoms with Gasteiger partial charge in [0.05, 0.1) is 0 Å². The van der Waals surface area contributed by atoms with Crippen molar-refractivity contribution in [2.45, 2.75) is 13.3 Å². The van der Waals surface area contributed by atoms with Crippen LogP contribution in [0.3, 0.4) is 0 Å². The van der Waals surface area contributed by atoms with E-state index in [0.717, 1.165) is 12.0 Å². The Kier molecular flexibility index (Phi) is 5.38. The van der Waals surface area contributed by atoms with Gasteiger partial charge in [-0.15, -0.1) is 0 Å². The number of urea groups is 1. The highest BCUT2D eigenvalue weighted by molar-refractivity contribution is 6.30. The number of hydrogen-bond donors (Lipinski definition) is 3. The molecule has 0 atom stereocenters. The molecule has 2 aromatic rings. The number of hydrazine groups is 1. The summed E-state index contributed by atoms with van der Waals surface area (Å²) in [5.74, 6) is -0.385. The number of hydrogen-bond acceptors (Lipinski definition) is 2. The minimum absolute atomic E-state index is 0.385. The predicted molar refractivity (Wildman–Crippen MR) is 86.9 cm³/mol. The third-order valence-corrected chi connectivity index (χ3v) is 3.23. The summed E-state index contributed by atoms with van der Waals surface area (Å²) in [5.41, 5.74) is 6.77. The number of rotatable bonds is 3. The summed E-state index contributed by atoms with van der Waals surface area (Å²) in [6.45, 7) is 2.04. The van der Waals surface area contributed by atoms with Crippen molar-refractivity contribution >= 4 is 29.2 Å². The van der Waals surface area contributed by atoms with E-state index in [4.69, 9.17) is 11.6 Å². The molecule has 0 fully saturated rings. The molecule has 0 heterocycles. The highest BCUT2D eigenvalue weighted by Gasteiger charge is 2.07. The maximum atomic E-state index is 11.9. The normalized spacial score (nSPS) is 9.91. The summed E-state index contributed by atoms with van der Waals surface area (Å²) in [7, 11) is 0. The van der Waals surface area contributed by atoms with Gasteiger partial charge in [0.25, 0.3) is 5.91 Å². The summed E-state index contributed by atoms with van der Waals surface area (Å²) in [6.07, 6.45) is 0.905. The summed E-state index contributed by atoms with van der Waals surface area (Å²) >= 11 is 5.82. The topological polar surface area (TPSA) is 70.2 Å². The lowest BCUT2D eigenvalue weighted by Gasteiger charge is -2.09. The average molecular weight is 318 g/mol. The predicted octanol–water partition coefficient (Wildman–Crippen LogP) is 3.37. The first kappa shape index (κ1) is 15.9. The molecule has 0 aliphatic heterocycles. The molecule has 6 heteroatoms. The van der Waals surface area contributed by atoms with E-state index in [-0.39, 0.29) is 5.91 Å². The van der Waals surface area contributed by atoms with Gasteiger partial charge in [-0.2, -0.15) is 0 Å². The number of carbonyl (C=O) groups excluding carboxylic acids is 2. The van der Waals surface area contributed by atoms with Crippen LogP contribution < -0.4 is 16.2 Å². The second kappa shape index (κ2) is 7.47. The quantitative estimate of drug-likeness (QED) is 0.760. The van der Waals surface area contributed by atoms with E-state index < -0.39 is 6.03 Å². The van der Waals surface area contributed by atoms with Crippen LogP contribution in [0.5, 0.6) is 0 Å². The molecule has 22 heavy (non-hydrogen) atoms. The van der Waals surface area contributed by atoms with Gasteiger partial charge in [-0.1, -0.05) is 36.7 Å². The van der Waals surface area contributed by atoms with E-state index in [1.165, 1.54) is 0 Å². The Labute approximate surface area is 133 Å². The van der Waals surface area contributed by atoms with Crippen molar-refractivity contribution in [3.63, 3.8) is 0 Å². The van der Waals surface area contributed by atoms with Gasteiger partial charge in [-0.05, 0) is 42.3 Å². The Morgan fingerprint density at radius 3 is 2.41 bits per heavy atom. The Bertz CT molecular complexity index is 671. The van der Waals surface area contributed by atoms with Crippen LogP contribution in [0.4, 0.5) is 10.5 Å². The molecule has 0 saturated heterocycles. The van der Waals surface area contributed by atoms with Crippen LogP contribution in [0.2, 0.25) is 5.02 Å². The van der Waals surface area contributed by atoms with Crippen LogP contribution >= 0.6 is 11.6 Å². The molecule has 0 aromatic heterocycles. The second-order valence-corrected chi connectivity index (χ2v) is 5.03. The van der Waals surface area contributed by atoms with E-state index in [9.17, 15) is 9.59 Å². The molecule has 114 valence electrons. The number of nitrogens with one attached hydrogen (secondary N) is 3. The molecule has 3 N–H and O–H groups in total. The summed E-state index contributed by atoms with van der Waals surface area (Å²) in [6, 6.07) is 13.3. The first-order valence-corrected chi connectivity index (χ1v) is 7.18. The van der Waals surface area contributed by atoms with Crippen LogP contribution in [-0.4, -0.2) is 11.9 Å². The number of halogens is 1. The first-order valence-electron chi connectivity index (χ1n) is 6.80. The summed E-state index contributed by atoms with van der Waals surface area (Å²) in [4.78, 5) is 23.6. The molecule has 0 aliphatic rings. The molecule has 0 saturated carbocycles. The Balaban J connectivity index is 1.86. The van der Waals surface area contributed by atoms with Crippen molar-refractivity contribution in [1.82, 2.24) is 10.9 Å². The van der Waals surface area contributed by atoms with E-state index >= 15 is 0 Å². The SMILES string of the molecule is CCc1ccc(C(=O)NNC(=O)Nc2cccc(Cl)c2)cc1. The third kappa shape index (κ3) is 4.49. The molecule has 0 aliphatic carbocycles. The monoisotopic (exact) mass is 317 g/mol. The Morgan fingerprint density at radius 1 is 1.05 bits per heavy atom. The molecule has 2 aromatic carbocycles. The zero-order chi connectivity index (χ0) is 15.9. The average Bonchev–Trinajstić information content (AvgIpc) is 2.52. The Hall–Kier alpha value is -2.53. The lowest BCUT2D eigenvalue weighted by Crippen LogP contribution is -2.43. The number of amides is 3. The minimum atomic E-state index is -0.555. The molecule has 0 radical (unpaired) electrons. The fourth-order valence-electron chi connectivity index (χ4n) is 1.81. The minimum Gasteiger partial charge on any atom is -0.307 e. The molecule has 5 nitrogen and oxygen atoms in total. The van der Waals surface area contributed by atoms with Crippen LogP contribution in [0.1, 0.15) is 22.8 Å². The van der Waals surface area contributed by atoms with E-state index in [1.807, 2.05) is 19.1 Å². The number of aryl methyl sites for hydroxylation is 1. The van der Waals surface area contributed by atoms with E-state index in [0.29, 0.717) is 16.3 Å². The number of carbonyl (C=O) groups is 2. The lowest BCUT2D eigenvalue weighted by atomic mass is 10.1. The summed E-state index contributed by atoms with van der Waals surface area (Å²) < 4.78 is 0. The van der Waals surface area contributed by atoms with Gasteiger partial charge in [0.1, 0.15) is 0 Å². The molecule has 3 amide bonds. The van der Waals surface area contributed by atoms with Crippen molar-refractivity contribution in [3.8, 4) is 0 Å². The van der Waals surface area contributed by atoms with Crippen LogP contribution in [0.15, 0.2) is 48.5 Å². The highest BCUT2D eigenvalue weighted by atomic mass is 35.5. The third-order valence-electron chi connectivity index (χ3n) is 3.00. The molecule has 2 rings (SSSR count). The second-order valence-electron chi connectivity index (χ2n) is 4.59. The first-order chi connectivity index (χ1) is 10.6. The van der Waals surface area contributed by atoms with Crippen molar-refractivity contribution in [1.29, 1.82) is 0 Å². The zero-order valence-electron chi connectivity index (χ0n) is 12.0. The maximum absolute atomic E-state index is 11.9. The summed E-state index contributed by atoms with van der Waals surface area (Å²) in [5, 5.41) is 3.07. The van der Waals surface area contributed by atoms with Crippen LogP contribution in [0, 0.1) is 0 Å². The van der Waals surface area contributed by atoms with Gasteiger partial charge in [-0.25, -0.2) is 10.2 Å². The van der Waals surface area contributed by atoms with E-state index in [2.05, 4.69) is 16.2 Å². The van der Waals surface area contributed by atoms with Gasteiger partial charge < -0.3 is 5.32 Å². The smallest absolute Gasteiger partial charge is 0.307 e. The molecule has 0 spiro atoms. The number of benzene rings is 2. The van der Waals surface area contributed by atoms with Crippen LogP contribution in [-0.2, 0) is 6.42 Å². The fourth-order valence-corrected chi connectivity index (χ4v) is 2.00.